The van der Waals surface area contributed by atoms with Gasteiger partial charge in [-0.2, -0.15) is 9.88 Å². The van der Waals surface area contributed by atoms with E-state index >= 15 is 0 Å². The largest absolute Gasteiger partial charge is 0.331 e. The molecule has 2 aliphatic rings. The molecule has 0 aliphatic carbocycles. The van der Waals surface area contributed by atoms with Crippen LogP contribution in [0.3, 0.4) is 0 Å². The zero-order chi connectivity index (χ0) is 15.7. The summed E-state index contributed by atoms with van der Waals surface area (Å²) in [5.74, 6) is 0. The fourth-order valence-corrected chi connectivity index (χ4v) is 5.21. The van der Waals surface area contributed by atoms with Crippen molar-refractivity contribution in [2.24, 2.45) is 5.10 Å². The topological polar surface area (TPSA) is 38.7 Å². The molecule has 2 heterocycles. The third-order valence-electron chi connectivity index (χ3n) is 3.93. The van der Waals surface area contributed by atoms with Gasteiger partial charge in [0.2, 0.25) is 0 Å². The van der Waals surface area contributed by atoms with E-state index in [1.54, 1.807) is 11.0 Å². The van der Waals surface area contributed by atoms with Crippen LogP contribution in [-0.2, 0) is 4.57 Å². The van der Waals surface area contributed by atoms with Gasteiger partial charge in [-0.3, -0.25) is 4.57 Å². The van der Waals surface area contributed by atoms with Crippen LogP contribution < -0.4 is 4.78 Å². The average molecular weight is 326 g/mol. The second-order valence-corrected chi connectivity index (χ2v) is 8.24. The van der Waals surface area contributed by atoms with E-state index < -0.39 is 7.59 Å². The van der Waals surface area contributed by atoms with Crippen molar-refractivity contribution in [3.8, 4) is 0 Å². The number of hydrazone groups is 1. The van der Waals surface area contributed by atoms with Crippen LogP contribution >= 0.6 is 7.59 Å². The summed E-state index contributed by atoms with van der Waals surface area (Å²) >= 11 is 0. The van der Waals surface area contributed by atoms with E-state index in [9.17, 15) is 4.57 Å². The molecular formula is C17H19N4OP. The summed E-state index contributed by atoms with van der Waals surface area (Å²) in [7, 11) is -2.81. The van der Waals surface area contributed by atoms with Gasteiger partial charge < -0.3 is 0 Å². The van der Waals surface area contributed by atoms with E-state index in [-0.39, 0.29) is 0 Å². The highest BCUT2D eigenvalue weighted by atomic mass is 31.2. The van der Waals surface area contributed by atoms with Gasteiger partial charge in [0.1, 0.15) is 0 Å². The Morgan fingerprint density at radius 3 is 1.91 bits per heavy atom. The van der Waals surface area contributed by atoms with E-state index in [0.29, 0.717) is 0 Å². The summed E-state index contributed by atoms with van der Waals surface area (Å²) in [5, 5.41) is 4.62. The molecule has 0 amide bonds. The van der Waals surface area contributed by atoms with Gasteiger partial charge in [0.15, 0.2) is 0 Å². The lowest BCUT2D eigenvalue weighted by atomic mass is 10.2. The maximum absolute atomic E-state index is 13.7. The Labute approximate surface area is 136 Å². The Morgan fingerprint density at radius 1 is 0.870 bits per heavy atom. The second-order valence-electron chi connectivity index (χ2n) is 5.70. The molecule has 0 bridgehead atoms. The molecule has 0 aromatic heterocycles. The van der Waals surface area contributed by atoms with Gasteiger partial charge in [-0.1, -0.05) is 48.5 Å². The summed E-state index contributed by atoms with van der Waals surface area (Å²) < 4.78 is 19.5. The van der Waals surface area contributed by atoms with Gasteiger partial charge in [-0.25, -0.2) is 9.34 Å². The zero-order valence-corrected chi connectivity index (χ0v) is 13.7. The molecule has 0 spiro atoms. The molecule has 2 aromatic carbocycles. The minimum Gasteiger partial charge on any atom is -0.262 e. The Hall–Kier alpha value is -1.94. The first-order valence-electron chi connectivity index (χ1n) is 7.84. The van der Waals surface area contributed by atoms with Crippen molar-refractivity contribution >= 4 is 19.5 Å². The summed E-state index contributed by atoms with van der Waals surface area (Å²) in [6.45, 7) is 3.49. The first-order valence-corrected chi connectivity index (χ1v) is 9.40. The molecule has 0 saturated carbocycles. The Morgan fingerprint density at radius 2 is 1.39 bits per heavy atom. The van der Waals surface area contributed by atoms with Gasteiger partial charge >= 0.3 is 7.59 Å². The first kappa shape index (κ1) is 14.6. The molecule has 2 saturated heterocycles. The first-order chi connectivity index (χ1) is 11.3. The van der Waals surface area contributed by atoms with Crippen molar-refractivity contribution < 1.29 is 4.57 Å². The molecule has 2 aliphatic heterocycles. The van der Waals surface area contributed by atoms with Gasteiger partial charge in [0.05, 0.1) is 11.9 Å². The van der Waals surface area contributed by atoms with Crippen molar-refractivity contribution in [1.82, 2.24) is 9.34 Å². The number of anilines is 1. The third-order valence-corrected chi connectivity index (χ3v) is 7.04. The predicted molar refractivity (Wildman–Crippen MR) is 93.7 cm³/mol. The number of para-hydroxylation sites is 1. The number of rotatable bonds is 6. The summed E-state index contributed by atoms with van der Waals surface area (Å²) in [4.78, 5) is 0. The number of benzene rings is 2. The fourth-order valence-electron chi connectivity index (χ4n) is 2.54. The average Bonchev–Trinajstić information content (AvgIpc) is 3.49. The van der Waals surface area contributed by atoms with Crippen LogP contribution in [0.4, 0.5) is 5.69 Å². The van der Waals surface area contributed by atoms with Gasteiger partial charge in [0.25, 0.3) is 0 Å². The second kappa shape index (κ2) is 5.93. The van der Waals surface area contributed by atoms with Crippen LogP contribution in [0, 0.1) is 0 Å². The van der Waals surface area contributed by atoms with E-state index in [1.807, 2.05) is 70.0 Å². The van der Waals surface area contributed by atoms with Gasteiger partial charge in [-0.05, 0) is 17.7 Å². The van der Waals surface area contributed by atoms with Gasteiger partial charge in [0, 0.05) is 26.2 Å². The third kappa shape index (κ3) is 2.95. The zero-order valence-electron chi connectivity index (χ0n) is 12.8. The number of hydrogen-bond donors (Lipinski definition) is 0. The summed E-state index contributed by atoms with van der Waals surface area (Å²) in [6, 6.07) is 19.7. The normalized spacial score (nSPS) is 18.3. The lowest BCUT2D eigenvalue weighted by molar-refractivity contribution is 0.514. The van der Waals surface area contributed by atoms with Crippen LogP contribution in [0.15, 0.2) is 65.8 Å². The van der Waals surface area contributed by atoms with E-state index in [2.05, 4.69) is 5.10 Å². The molecule has 118 valence electrons. The Balaban J connectivity index is 1.72. The van der Waals surface area contributed by atoms with Crippen LogP contribution in [0.1, 0.15) is 5.56 Å². The van der Waals surface area contributed by atoms with Crippen molar-refractivity contribution in [2.75, 3.05) is 31.0 Å². The van der Waals surface area contributed by atoms with E-state index in [0.717, 1.165) is 37.4 Å². The van der Waals surface area contributed by atoms with Crippen molar-refractivity contribution in [3.63, 3.8) is 0 Å². The van der Waals surface area contributed by atoms with E-state index in [1.165, 1.54) is 0 Å². The molecule has 2 aromatic rings. The standard InChI is InChI=1S/C17H19N4OP/c22-23(19-11-12-19,20-13-14-20)21(17-9-5-2-6-10-17)18-15-16-7-3-1-4-8-16/h1-10,15H,11-14H2/b18-15+. The molecular weight excluding hydrogens is 307 g/mol. The highest BCUT2D eigenvalue weighted by molar-refractivity contribution is 7.61. The van der Waals surface area contributed by atoms with Crippen molar-refractivity contribution in [1.29, 1.82) is 0 Å². The maximum atomic E-state index is 13.7. The molecule has 5 nitrogen and oxygen atoms in total. The Bertz CT molecular complexity index is 726. The molecule has 0 N–H and O–H groups in total. The molecule has 6 heteroatoms. The summed E-state index contributed by atoms with van der Waals surface area (Å²) in [6.07, 6.45) is 1.78. The molecule has 23 heavy (non-hydrogen) atoms. The monoisotopic (exact) mass is 326 g/mol. The van der Waals surface area contributed by atoms with Crippen LogP contribution in [-0.4, -0.2) is 41.7 Å². The molecule has 0 unspecified atom stereocenters. The molecule has 0 radical (unpaired) electrons. The molecule has 4 rings (SSSR count). The SMILES string of the molecule is O=P(N1CC1)(N1CC1)N(/N=C/c1ccccc1)c1ccccc1. The predicted octanol–water partition coefficient (Wildman–Crippen LogP) is 3.27. The number of hydrogen-bond acceptors (Lipinski definition) is 2. The highest BCUT2D eigenvalue weighted by Gasteiger charge is 2.52. The molecule has 2 fully saturated rings. The minimum atomic E-state index is -2.81. The van der Waals surface area contributed by atoms with Crippen LogP contribution in [0.2, 0.25) is 0 Å². The smallest absolute Gasteiger partial charge is 0.262 e. The van der Waals surface area contributed by atoms with Crippen molar-refractivity contribution in [2.45, 2.75) is 0 Å². The van der Waals surface area contributed by atoms with Gasteiger partial charge in [-0.15, -0.1) is 0 Å². The minimum absolute atomic E-state index is 0.863. The maximum Gasteiger partial charge on any atom is 0.331 e. The number of nitrogens with zero attached hydrogens (tertiary/aromatic N) is 4. The van der Waals surface area contributed by atoms with Crippen LogP contribution in [0.5, 0.6) is 0 Å². The van der Waals surface area contributed by atoms with Crippen LogP contribution in [0.25, 0.3) is 0 Å². The molecule has 0 atom stereocenters. The fraction of sp³-hybridized carbons (Fsp3) is 0.235. The summed E-state index contributed by atoms with van der Waals surface area (Å²) in [5.41, 5.74) is 1.86. The Kier molecular flexibility index (Phi) is 3.77. The lowest BCUT2D eigenvalue weighted by Gasteiger charge is -2.30. The van der Waals surface area contributed by atoms with Crippen molar-refractivity contribution in [3.05, 3.63) is 66.2 Å². The lowest BCUT2D eigenvalue weighted by Crippen LogP contribution is -2.23. The highest BCUT2D eigenvalue weighted by Crippen LogP contribution is 2.64. The van der Waals surface area contributed by atoms with E-state index in [4.69, 9.17) is 0 Å². The quantitative estimate of drug-likeness (QED) is 0.353.